The molecule has 0 aliphatic heterocycles. The number of aromatic nitrogens is 2. The number of anilines is 2. The molecule has 3 rings (SSSR count). The molecule has 10 heteroatoms. The maximum atomic E-state index is 12.4. The molecule has 0 aliphatic carbocycles. The van der Waals surface area contributed by atoms with Crippen LogP contribution in [0.15, 0.2) is 67.3 Å². The summed E-state index contributed by atoms with van der Waals surface area (Å²) in [6.45, 7) is -0.318. The fourth-order valence-electron chi connectivity index (χ4n) is 2.84. The lowest BCUT2D eigenvalue weighted by Gasteiger charge is -2.15. The van der Waals surface area contributed by atoms with Gasteiger partial charge in [-0.2, -0.15) is 10.1 Å². The number of carbonyl (C=O) groups excluding carboxylic acids is 2. The second-order valence-corrected chi connectivity index (χ2v) is 6.57. The van der Waals surface area contributed by atoms with E-state index in [1.807, 2.05) is 0 Å². The highest BCUT2D eigenvalue weighted by atomic mass is 16.5. The van der Waals surface area contributed by atoms with E-state index in [4.69, 9.17) is 9.47 Å². The molecule has 0 atom stereocenters. The molecule has 0 unspecified atom stereocenters. The summed E-state index contributed by atoms with van der Waals surface area (Å²) in [4.78, 5) is 24.8. The first kappa shape index (κ1) is 21.8. The Hall–Kier alpha value is -3.89. The molecule has 0 radical (unpaired) electrons. The van der Waals surface area contributed by atoms with Crippen LogP contribution in [0.5, 0.6) is 11.5 Å². The van der Waals surface area contributed by atoms with E-state index in [-0.39, 0.29) is 24.5 Å². The van der Waals surface area contributed by atoms with Crippen molar-refractivity contribution in [3.8, 4) is 11.5 Å². The van der Waals surface area contributed by atoms with E-state index >= 15 is 0 Å². The Kier molecular flexibility index (Phi) is 6.85. The van der Waals surface area contributed by atoms with Crippen molar-refractivity contribution in [1.82, 2.24) is 4.57 Å². The zero-order valence-corrected chi connectivity index (χ0v) is 17.1. The first-order chi connectivity index (χ1) is 14.9. The second kappa shape index (κ2) is 9.74. The highest BCUT2D eigenvalue weighted by molar-refractivity contribution is 5.91. The Morgan fingerprint density at radius 3 is 2.03 bits per heavy atom. The first-order valence-electron chi connectivity index (χ1n) is 9.28. The van der Waals surface area contributed by atoms with Crippen LogP contribution in [0.2, 0.25) is 0 Å². The molecule has 0 bridgehead atoms. The number of hydrogen-bond donors (Lipinski definition) is 2. The van der Waals surface area contributed by atoms with Crippen LogP contribution in [0.4, 0.5) is 11.4 Å². The molecule has 3 aromatic rings. The van der Waals surface area contributed by atoms with Crippen molar-refractivity contribution in [3.05, 3.63) is 67.3 Å². The highest BCUT2D eigenvalue weighted by Gasteiger charge is 2.20. The van der Waals surface area contributed by atoms with Gasteiger partial charge in [-0.3, -0.25) is 20.0 Å². The van der Waals surface area contributed by atoms with Crippen LogP contribution in [-0.4, -0.2) is 41.0 Å². The van der Waals surface area contributed by atoms with Gasteiger partial charge in [-0.25, -0.2) is 9.13 Å². The number of benzene rings is 2. The Morgan fingerprint density at radius 2 is 1.48 bits per heavy atom. The molecule has 1 aromatic heterocycles. The minimum atomic E-state index is -0.581. The van der Waals surface area contributed by atoms with Crippen LogP contribution >= 0.6 is 0 Å². The number of ether oxygens (including phenoxy) is 2. The summed E-state index contributed by atoms with van der Waals surface area (Å²) in [6.07, 6.45) is 4.68. The molecule has 0 aliphatic rings. The second-order valence-electron chi connectivity index (χ2n) is 6.57. The summed E-state index contributed by atoms with van der Waals surface area (Å²) in [7, 11) is 2.98. The third-order valence-electron chi connectivity index (χ3n) is 4.45. The number of nitrogens with zero attached hydrogens (tertiary/aromatic N) is 4. The van der Waals surface area contributed by atoms with Crippen molar-refractivity contribution in [2.45, 2.75) is 13.1 Å². The van der Waals surface area contributed by atoms with E-state index in [1.165, 1.54) is 41.8 Å². The quantitative estimate of drug-likeness (QED) is 0.321. The summed E-state index contributed by atoms with van der Waals surface area (Å²) in [6, 6.07) is 12.9. The topological polar surface area (TPSA) is 108 Å². The monoisotopic (exact) mass is 427 g/mol. The number of carbonyl (C=O) groups is 2. The van der Waals surface area contributed by atoms with Gasteiger partial charge in [-0.15, -0.1) is 0 Å². The van der Waals surface area contributed by atoms with Crippen molar-refractivity contribution >= 4 is 23.2 Å². The van der Waals surface area contributed by atoms with E-state index in [0.717, 1.165) is 0 Å². The van der Waals surface area contributed by atoms with Crippen LogP contribution in [0.25, 0.3) is 0 Å². The molecule has 0 saturated heterocycles. The van der Waals surface area contributed by atoms with E-state index in [0.29, 0.717) is 21.6 Å². The SMILES string of the molecule is COc1cccc(N(O)C(=O)Cn2cc[n+](CC(=O)N(O)c3cccc(OC)c3)c2)c1. The maximum Gasteiger partial charge on any atom is 0.292 e. The van der Waals surface area contributed by atoms with Gasteiger partial charge in [0.25, 0.3) is 11.8 Å². The van der Waals surface area contributed by atoms with Crippen LogP contribution in [-0.2, 0) is 22.7 Å². The van der Waals surface area contributed by atoms with Gasteiger partial charge in [-0.05, 0) is 24.3 Å². The third-order valence-corrected chi connectivity index (χ3v) is 4.45. The summed E-state index contributed by atoms with van der Waals surface area (Å²) in [5.74, 6) is -0.150. The van der Waals surface area contributed by atoms with Crippen molar-refractivity contribution in [1.29, 1.82) is 0 Å². The van der Waals surface area contributed by atoms with Crippen molar-refractivity contribution in [2.24, 2.45) is 0 Å². The fraction of sp³-hybridized carbons (Fsp3) is 0.190. The van der Waals surface area contributed by atoms with E-state index in [9.17, 15) is 20.0 Å². The first-order valence-corrected chi connectivity index (χ1v) is 9.28. The van der Waals surface area contributed by atoms with E-state index < -0.39 is 11.8 Å². The van der Waals surface area contributed by atoms with Gasteiger partial charge in [0.1, 0.15) is 23.9 Å². The van der Waals surface area contributed by atoms with Gasteiger partial charge >= 0.3 is 0 Å². The lowest BCUT2D eigenvalue weighted by Crippen LogP contribution is -2.42. The van der Waals surface area contributed by atoms with Crippen LogP contribution in [0.1, 0.15) is 0 Å². The summed E-state index contributed by atoms with van der Waals surface area (Å²) >= 11 is 0. The predicted molar refractivity (Wildman–Crippen MR) is 109 cm³/mol. The van der Waals surface area contributed by atoms with Gasteiger partial charge < -0.3 is 9.47 Å². The van der Waals surface area contributed by atoms with Crippen LogP contribution in [0, 0.1) is 0 Å². The normalized spacial score (nSPS) is 10.5. The fourth-order valence-corrected chi connectivity index (χ4v) is 2.84. The molecule has 0 spiro atoms. The van der Waals surface area contributed by atoms with E-state index in [1.54, 1.807) is 48.8 Å². The van der Waals surface area contributed by atoms with E-state index in [2.05, 4.69) is 0 Å². The van der Waals surface area contributed by atoms with Crippen molar-refractivity contribution in [2.75, 3.05) is 24.3 Å². The highest BCUT2D eigenvalue weighted by Crippen LogP contribution is 2.21. The molecular weight excluding hydrogens is 404 g/mol. The smallest absolute Gasteiger partial charge is 0.292 e. The molecule has 2 N–H and O–H groups in total. The van der Waals surface area contributed by atoms with Crippen molar-refractivity contribution in [3.63, 3.8) is 0 Å². The van der Waals surface area contributed by atoms with Gasteiger partial charge in [0.05, 0.1) is 25.6 Å². The number of hydroxylamine groups is 2. The summed E-state index contributed by atoms with van der Waals surface area (Å²) in [5, 5.41) is 21.4. The molecule has 31 heavy (non-hydrogen) atoms. The average molecular weight is 427 g/mol. The van der Waals surface area contributed by atoms with Gasteiger partial charge in [0, 0.05) is 12.1 Å². The molecule has 2 amide bonds. The van der Waals surface area contributed by atoms with Gasteiger partial charge in [-0.1, -0.05) is 12.1 Å². The third kappa shape index (κ3) is 5.38. The molecule has 0 saturated carbocycles. The Balaban J connectivity index is 1.61. The predicted octanol–water partition coefficient (Wildman–Crippen LogP) is 1.64. The van der Waals surface area contributed by atoms with Gasteiger partial charge in [0.15, 0.2) is 13.1 Å². The molecule has 1 heterocycles. The number of amides is 2. The largest absolute Gasteiger partial charge is 0.497 e. The number of rotatable bonds is 8. The number of imidazole rings is 1. The zero-order chi connectivity index (χ0) is 22.4. The van der Waals surface area contributed by atoms with Gasteiger partial charge in [0.2, 0.25) is 6.33 Å². The Bertz CT molecular complexity index is 985. The minimum Gasteiger partial charge on any atom is -0.497 e. The maximum absolute atomic E-state index is 12.4. The Labute approximate surface area is 178 Å². The lowest BCUT2D eigenvalue weighted by atomic mass is 10.3. The average Bonchev–Trinajstić information content (AvgIpc) is 3.24. The number of hydrogen-bond acceptors (Lipinski definition) is 6. The van der Waals surface area contributed by atoms with Crippen molar-refractivity contribution < 1.29 is 34.0 Å². The Morgan fingerprint density at radius 1 is 0.935 bits per heavy atom. The molecule has 0 fully saturated rings. The summed E-state index contributed by atoms with van der Waals surface area (Å²) < 4.78 is 13.2. The van der Waals surface area contributed by atoms with Crippen LogP contribution < -0.4 is 24.2 Å². The molecule has 162 valence electrons. The number of methoxy groups -OCH3 is 2. The zero-order valence-electron chi connectivity index (χ0n) is 17.1. The lowest BCUT2D eigenvalue weighted by molar-refractivity contribution is -0.683. The summed E-state index contributed by atoms with van der Waals surface area (Å²) in [5.41, 5.74) is 0.544. The van der Waals surface area contributed by atoms with Crippen LogP contribution in [0.3, 0.4) is 0 Å². The standard InChI is InChI=1S/C21H23N4O6/c1-30-18-7-3-5-16(11-18)24(28)20(26)13-22-9-10-23(15-22)14-21(27)25(29)17-6-4-8-19(12-17)31-2/h3-12,15,28-29H,13-14H2,1-2H3/q+1. The minimum absolute atomic E-state index is 0.159. The molecule has 10 nitrogen and oxygen atoms in total. The molecular formula is C21H23N4O6+. The molecule has 2 aromatic carbocycles.